The van der Waals surface area contributed by atoms with Crippen molar-refractivity contribution in [2.24, 2.45) is 0 Å². The van der Waals surface area contributed by atoms with Crippen LogP contribution in [-0.4, -0.2) is 14.9 Å². The van der Waals surface area contributed by atoms with E-state index in [1.54, 1.807) is 0 Å². The predicted octanol–water partition coefficient (Wildman–Crippen LogP) is 6.84. The van der Waals surface area contributed by atoms with Crippen LogP contribution in [0.15, 0.2) is 155 Å². The second kappa shape index (κ2) is 8.81. The molecule has 5 aliphatic heterocycles. The van der Waals surface area contributed by atoms with Crippen molar-refractivity contribution in [3.63, 3.8) is 0 Å². The number of fused-ring (bicyclic) bond motifs is 15. The molecule has 0 amide bonds. The molecule has 12 rings (SSSR count). The molecule has 0 atom stereocenters. The van der Waals surface area contributed by atoms with E-state index in [1.165, 1.54) is 97.7 Å². The van der Waals surface area contributed by atoms with E-state index in [-0.39, 0.29) is 6.85 Å². The molecule has 0 saturated carbocycles. The van der Waals surface area contributed by atoms with E-state index in [4.69, 9.17) is 0 Å². The highest BCUT2D eigenvalue weighted by atomic mass is 32.2. The molecule has 48 heavy (non-hydrogen) atoms. The number of aryl methyl sites for hydroxylation is 1. The van der Waals surface area contributed by atoms with E-state index in [0.29, 0.717) is 0 Å². The SMILES string of the molecule is Cc1cc2c3c(c1)N1c4ccccc4Sc4cccc(c41)B3N1c3ccccc3[Si]3(c4ccccc4-c4ccccc43)c3cccc-2c31. The smallest absolute Gasteiger partial charge is 0.333 e. The van der Waals surface area contributed by atoms with Crippen LogP contribution in [0.5, 0.6) is 0 Å². The van der Waals surface area contributed by atoms with Crippen LogP contribution in [0.4, 0.5) is 28.4 Å². The van der Waals surface area contributed by atoms with Gasteiger partial charge in [-0.05, 0) is 91.2 Å². The highest BCUT2D eigenvalue weighted by Crippen LogP contribution is 2.55. The van der Waals surface area contributed by atoms with E-state index in [1.807, 2.05) is 11.8 Å². The zero-order valence-electron chi connectivity index (χ0n) is 26.2. The number of benzene rings is 7. The molecule has 0 aromatic heterocycles. The number of hydrogen-bond acceptors (Lipinski definition) is 3. The molecule has 0 unspecified atom stereocenters. The monoisotopic (exact) mass is 642 g/mol. The molecule has 0 saturated heterocycles. The highest BCUT2D eigenvalue weighted by Gasteiger charge is 2.57. The zero-order valence-corrected chi connectivity index (χ0v) is 28.1. The topological polar surface area (TPSA) is 6.48 Å². The summed E-state index contributed by atoms with van der Waals surface area (Å²) < 4.78 is 0. The molecule has 7 aromatic carbocycles. The number of nitrogens with zero attached hydrogens (tertiary/aromatic N) is 2. The van der Waals surface area contributed by atoms with Gasteiger partial charge in [-0.3, -0.25) is 0 Å². The van der Waals surface area contributed by atoms with Crippen molar-refractivity contribution in [1.82, 2.24) is 0 Å². The van der Waals surface area contributed by atoms with Crippen molar-refractivity contribution in [1.29, 1.82) is 0 Å². The lowest BCUT2D eigenvalue weighted by atomic mass is 9.43. The molecular weight excluding hydrogens is 615 g/mol. The molecule has 5 heterocycles. The molecule has 7 aromatic rings. The Morgan fingerprint density at radius 1 is 0.500 bits per heavy atom. The van der Waals surface area contributed by atoms with Gasteiger partial charge in [-0.25, -0.2) is 0 Å². The quantitative estimate of drug-likeness (QED) is 0.167. The summed E-state index contributed by atoms with van der Waals surface area (Å²) in [5, 5.41) is 6.04. The summed E-state index contributed by atoms with van der Waals surface area (Å²) in [5.41, 5.74) is 16.3. The minimum atomic E-state index is -2.65. The largest absolute Gasteiger partial charge is 0.376 e. The van der Waals surface area contributed by atoms with Crippen LogP contribution in [0.25, 0.3) is 22.3 Å². The Morgan fingerprint density at radius 2 is 1.12 bits per heavy atom. The van der Waals surface area contributed by atoms with Gasteiger partial charge in [0.15, 0.2) is 8.07 Å². The van der Waals surface area contributed by atoms with Gasteiger partial charge in [0.1, 0.15) is 0 Å². The van der Waals surface area contributed by atoms with Gasteiger partial charge in [-0.15, -0.1) is 0 Å². The molecule has 0 radical (unpaired) electrons. The van der Waals surface area contributed by atoms with E-state index in [2.05, 4.69) is 162 Å². The summed E-state index contributed by atoms with van der Waals surface area (Å²) in [6, 6.07) is 56.0. The van der Waals surface area contributed by atoms with Crippen molar-refractivity contribution in [2.45, 2.75) is 16.7 Å². The van der Waals surface area contributed by atoms with Crippen molar-refractivity contribution in [3.05, 3.63) is 151 Å². The fourth-order valence-corrected chi connectivity index (χ4v) is 16.5. The molecule has 0 fully saturated rings. The minimum absolute atomic E-state index is 0.0562. The molecule has 5 heteroatoms. The van der Waals surface area contributed by atoms with Crippen LogP contribution in [0.2, 0.25) is 0 Å². The lowest BCUT2D eigenvalue weighted by Crippen LogP contribution is -2.78. The maximum absolute atomic E-state index is 2.75. The zero-order chi connectivity index (χ0) is 31.3. The Labute approximate surface area is 285 Å². The van der Waals surface area contributed by atoms with Crippen LogP contribution in [0.3, 0.4) is 0 Å². The fourth-order valence-electron chi connectivity index (χ4n) is 9.87. The lowest BCUT2D eigenvalue weighted by molar-refractivity contribution is 1.16. The van der Waals surface area contributed by atoms with Crippen LogP contribution in [0.1, 0.15) is 5.56 Å². The third kappa shape index (κ3) is 2.84. The number of para-hydroxylation sites is 4. The molecular formula is C43H27BN2SSi. The average molecular weight is 643 g/mol. The van der Waals surface area contributed by atoms with Crippen molar-refractivity contribution in [3.8, 4) is 22.3 Å². The summed E-state index contributed by atoms with van der Waals surface area (Å²) >= 11 is 1.91. The first kappa shape index (κ1) is 25.8. The van der Waals surface area contributed by atoms with Crippen molar-refractivity contribution < 1.29 is 0 Å². The molecule has 1 spiro atoms. The second-order valence-corrected chi connectivity index (χ2v) is 18.4. The summed E-state index contributed by atoms with van der Waals surface area (Å²) in [6.07, 6.45) is 0. The maximum Gasteiger partial charge on any atom is 0.333 e. The maximum atomic E-state index is 2.75. The molecule has 0 aliphatic carbocycles. The summed E-state index contributed by atoms with van der Waals surface area (Å²) in [7, 11) is -2.65. The Kier molecular flexibility index (Phi) is 4.74. The first-order valence-electron chi connectivity index (χ1n) is 16.8. The summed E-state index contributed by atoms with van der Waals surface area (Å²) in [5.74, 6) is 0. The number of hydrogen-bond donors (Lipinski definition) is 0. The van der Waals surface area contributed by atoms with Gasteiger partial charge in [-0.1, -0.05) is 127 Å². The first-order valence-corrected chi connectivity index (χ1v) is 19.6. The molecule has 2 nitrogen and oxygen atoms in total. The van der Waals surface area contributed by atoms with Crippen molar-refractivity contribution >= 4 is 86.8 Å². The van der Waals surface area contributed by atoms with Gasteiger partial charge in [-0.2, -0.15) is 0 Å². The van der Waals surface area contributed by atoms with Gasteiger partial charge in [0.2, 0.25) is 0 Å². The van der Waals surface area contributed by atoms with E-state index >= 15 is 0 Å². The van der Waals surface area contributed by atoms with Crippen LogP contribution >= 0.6 is 11.8 Å². The Morgan fingerprint density at radius 3 is 1.94 bits per heavy atom. The van der Waals surface area contributed by atoms with Crippen LogP contribution < -0.4 is 41.4 Å². The summed E-state index contributed by atoms with van der Waals surface area (Å²) in [4.78, 5) is 7.96. The van der Waals surface area contributed by atoms with Crippen LogP contribution in [0, 0.1) is 6.92 Å². The normalized spacial score (nSPS) is 15.6. The molecule has 222 valence electrons. The fraction of sp³-hybridized carbons (Fsp3) is 0.0233. The minimum Gasteiger partial charge on any atom is -0.376 e. The van der Waals surface area contributed by atoms with Gasteiger partial charge in [0, 0.05) is 32.4 Å². The summed E-state index contributed by atoms with van der Waals surface area (Å²) in [6.45, 7) is 2.33. The van der Waals surface area contributed by atoms with Gasteiger partial charge >= 0.3 is 6.85 Å². The van der Waals surface area contributed by atoms with Gasteiger partial charge in [0.05, 0.1) is 11.4 Å². The van der Waals surface area contributed by atoms with E-state index in [9.17, 15) is 0 Å². The third-order valence-corrected chi connectivity index (χ3v) is 17.5. The van der Waals surface area contributed by atoms with Gasteiger partial charge < -0.3 is 9.71 Å². The second-order valence-electron chi connectivity index (χ2n) is 13.7. The molecule has 5 aliphatic rings. The first-order chi connectivity index (χ1) is 23.7. The molecule has 0 N–H and O–H groups in total. The van der Waals surface area contributed by atoms with Crippen LogP contribution in [-0.2, 0) is 0 Å². The Balaban J connectivity index is 1.26. The Bertz CT molecular complexity index is 2570. The lowest BCUT2D eigenvalue weighted by Gasteiger charge is -2.52. The van der Waals surface area contributed by atoms with E-state index < -0.39 is 8.07 Å². The number of anilines is 5. The average Bonchev–Trinajstić information content (AvgIpc) is 3.43. The predicted molar refractivity (Wildman–Crippen MR) is 205 cm³/mol. The standard InChI is InChI=1S/C43H27BN2SSi/c1-26-24-30-29-14-10-23-40-42(29)46(33-17-5-9-22-39(33)48(40)37-20-7-2-12-27(37)28-13-3-8-21-38(28)48)44-31-15-11-19-36-43(31)45(34(25-26)41(30)44)32-16-4-6-18-35(32)47-36/h2-25H,1H3. The van der Waals surface area contributed by atoms with Crippen molar-refractivity contribution in [2.75, 3.05) is 9.71 Å². The molecule has 0 bridgehead atoms. The van der Waals surface area contributed by atoms with Gasteiger partial charge in [0.25, 0.3) is 0 Å². The third-order valence-electron chi connectivity index (χ3n) is 11.4. The Hall–Kier alpha value is -5.23. The highest BCUT2D eigenvalue weighted by molar-refractivity contribution is 7.99. The number of rotatable bonds is 0. The van der Waals surface area contributed by atoms with E-state index in [0.717, 1.165) is 0 Å².